The lowest BCUT2D eigenvalue weighted by molar-refractivity contribution is -0.154. The van der Waals surface area contributed by atoms with Crippen molar-refractivity contribution in [3.05, 3.63) is 25.3 Å². The fourth-order valence-electron chi connectivity index (χ4n) is 6.58. The Hall–Kier alpha value is -1.80. The molecule has 2 bridgehead atoms. The number of ether oxygens (including phenoxy) is 1. The summed E-state index contributed by atoms with van der Waals surface area (Å²) < 4.78 is 4.71. The second-order valence-electron chi connectivity index (χ2n) is 10.6. The van der Waals surface area contributed by atoms with Crippen LogP contribution in [0.2, 0.25) is 0 Å². The van der Waals surface area contributed by atoms with Crippen LogP contribution >= 0.6 is 11.8 Å². The largest absolute Gasteiger partial charge is 0.461 e. The van der Waals surface area contributed by atoms with E-state index in [1.807, 2.05) is 25.7 Å². The summed E-state index contributed by atoms with van der Waals surface area (Å²) in [5.41, 5.74) is 0. The van der Waals surface area contributed by atoms with Gasteiger partial charge in [0.25, 0.3) is 0 Å². The highest BCUT2D eigenvalue weighted by Crippen LogP contribution is 2.69. The first-order chi connectivity index (χ1) is 16.6. The van der Waals surface area contributed by atoms with Gasteiger partial charge in [-0.2, -0.15) is 0 Å². The zero-order valence-electron chi connectivity index (χ0n) is 21.8. The fraction of sp³-hybridized carbons (Fsp3) is 0.741. The molecule has 8 heteroatoms. The number of carbonyl (C=O) groups excluding carboxylic acids is 3. The van der Waals surface area contributed by atoms with Crippen molar-refractivity contribution in [1.82, 2.24) is 9.80 Å². The number of aliphatic hydroxyl groups is 1. The summed E-state index contributed by atoms with van der Waals surface area (Å²) in [6.07, 6.45) is 5.77. The number of likely N-dealkylation sites (tertiary alicyclic amines) is 1. The van der Waals surface area contributed by atoms with Crippen LogP contribution in [0.4, 0.5) is 0 Å². The third-order valence-corrected chi connectivity index (χ3v) is 10.3. The molecule has 7 nitrogen and oxygen atoms in total. The van der Waals surface area contributed by atoms with Gasteiger partial charge in [0, 0.05) is 17.8 Å². The normalized spacial score (nSPS) is 32.9. The Kier molecular flexibility index (Phi) is 8.79. The van der Waals surface area contributed by atoms with E-state index in [2.05, 4.69) is 27.0 Å². The van der Waals surface area contributed by atoms with Crippen LogP contribution in [0.1, 0.15) is 53.9 Å². The monoisotopic (exact) mass is 506 g/mol. The lowest BCUT2D eigenvalue weighted by Crippen LogP contribution is -2.61. The summed E-state index contributed by atoms with van der Waals surface area (Å²) in [5, 5.41) is 10.3. The molecule has 2 amide bonds. The SMILES string of the molecule is C=CCOC(=O)[C@@H]1[C@H]2C(=O)N([C@@H](CO)C(C)C)C(C(=O)N(CC=C)C(C)CCC)C23S[C@@H]1CC3C. The van der Waals surface area contributed by atoms with Crippen LogP contribution in [0, 0.1) is 23.7 Å². The van der Waals surface area contributed by atoms with E-state index in [9.17, 15) is 19.5 Å². The van der Waals surface area contributed by atoms with Gasteiger partial charge in [-0.25, -0.2) is 0 Å². The van der Waals surface area contributed by atoms with Crippen LogP contribution in [-0.2, 0) is 19.1 Å². The van der Waals surface area contributed by atoms with Crippen molar-refractivity contribution in [3.8, 4) is 0 Å². The third-order valence-electron chi connectivity index (χ3n) is 8.19. The molecule has 4 unspecified atom stereocenters. The summed E-state index contributed by atoms with van der Waals surface area (Å²) in [6.45, 7) is 17.9. The number of thioether (sulfide) groups is 1. The van der Waals surface area contributed by atoms with E-state index in [0.717, 1.165) is 19.3 Å². The van der Waals surface area contributed by atoms with E-state index in [0.29, 0.717) is 6.54 Å². The van der Waals surface area contributed by atoms with Crippen molar-refractivity contribution in [2.24, 2.45) is 23.7 Å². The lowest BCUT2D eigenvalue weighted by atomic mass is 9.66. The number of fused-ring (bicyclic) bond motifs is 1. The molecule has 3 aliphatic rings. The van der Waals surface area contributed by atoms with Crippen LogP contribution in [0.3, 0.4) is 0 Å². The highest BCUT2D eigenvalue weighted by Gasteiger charge is 2.77. The van der Waals surface area contributed by atoms with Gasteiger partial charge in [-0.15, -0.1) is 18.3 Å². The van der Waals surface area contributed by atoms with Crippen molar-refractivity contribution in [1.29, 1.82) is 0 Å². The molecule has 3 heterocycles. The maximum absolute atomic E-state index is 14.4. The number of rotatable bonds is 12. The minimum atomic E-state index is -0.749. The summed E-state index contributed by atoms with van der Waals surface area (Å²) in [5.74, 6) is -1.95. The minimum absolute atomic E-state index is 0.0169. The molecule has 0 radical (unpaired) electrons. The Balaban J connectivity index is 2.14. The van der Waals surface area contributed by atoms with E-state index in [4.69, 9.17) is 4.74 Å². The second-order valence-corrected chi connectivity index (χ2v) is 12.2. The van der Waals surface area contributed by atoms with Gasteiger partial charge < -0.3 is 19.6 Å². The maximum Gasteiger partial charge on any atom is 0.311 e. The molecule has 8 atom stereocenters. The molecule has 0 saturated carbocycles. The Morgan fingerprint density at radius 1 is 1.31 bits per heavy atom. The van der Waals surface area contributed by atoms with Crippen molar-refractivity contribution in [3.63, 3.8) is 0 Å². The Bertz CT molecular complexity index is 847. The first-order valence-corrected chi connectivity index (χ1v) is 13.8. The molecule has 3 aliphatic heterocycles. The Labute approximate surface area is 214 Å². The topological polar surface area (TPSA) is 87.1 Å². The second kappa shape index (κ2) is 11.1. The molecule has 1 spiro atoms. The van der Waals surface area contributed by atoms with Gasteiger partial charge in [-0.3, -0.25) is 14.4 Å². The summed E-state index contributed by atoms with van der Waals surface area (Å²) >= 11 is 1.63. The molecular weight excluding hydrogens is 464 g/mol. The third kappa shape index (κ3) is 4.45. The van der Waals surface area contributed by atoms with Crippen LogP contribution in [0.5, 0.6) is 0 Å². The Morgan fingerprint density at radius 2 is 2.00 bits per heavy atom. The summed E-state index contributed by atoms with van der Waals surface area (Å²) in [7, 11) is 0. The number of aliphatic hydroxyl groups excluding tert-OH is 1. The number of carbonyl (C=O) groups is 3. The van der Waals surface area contributed by atoms with Gasteiger partial charge in [0.2, 0.25) is 11.8 Å². The molecule has 35 heavy (non-hydrogen) atoms. The standard InChI is InChI=1S/C27H42N2O5S/c1-8-11-18(7)28(12-9-2)25(32)23-27-17(6)14-20(35-27)21(26(33)34-13-10-3)22(27)24(31)29(23)19(15-30)16(4)5/h9-10,16-23,30H,2-3,8,11-15H2,1,4-7H3/t17?,18?,19-,20+,21-,22-,23?,27?/m0/s1. The van der Waals surface area contributed by atoms with Gasteiger partial charge in [-0.05, 0) is 31.6 Å². The summed E-state index contributed by atoms with van der Waals surface area (Å²) in [6, 6.07) is -1.28. The first-order valence-electron chi connectivity index (χ1n) is 12.9. The molecule has 0 aliphatic carbocycles. The van der Waals surface area contributed by atoms with E-state index in [-0.39, 0.29) is 48.2 Å². The number of hydrogen-bond donors (Lipinski definition) is 1. The number of esters is 1. The zero-order chi connectivity index (χ0) is 26.1. The maximum atomic E-state index is 14.4. The van der Waals surface area contributed by atoms with Crippen molar-refractivity contribution < 1.29 is 24.2 Å². The Morgan fingerprint density at radius 3 is 2.54 bits per heavy atom. The van der Waals surface area contributed by atoms with E-state index < -0.39 is 34.6 Å². The van der Waals surface area contributed by atoms with Crippen molar-refractivity contribution in [2.45, 2.75) is 82.0 Å². The number of amides is 2. The molecule has 3 saturated heterocycles. The van der Waals surface area contributed by atoms with E-state index >= 15 is 0 Å². The molecule has 196 valence electrons. The van der Waals surface area contributed by atoms with E-state index in [1.165, 1.54) is 6.08 Å². The average molecular weight is 507 g/mol. The average Bonchev–Trinajstić information content (AvgIpc) is 3.40. The van der Waals surface area contributed by atoms with Gasteiger partial charge in [0.1, 0.15) is 12.6 Å². The quantitative estimate of drug-likeness (QED) is 0.323. The molecule has 0 aromatic carbocycles. The highest BCUT2D eigenvalue weighted by atomic mass is 32.2. The molecule has 3 fully saturated rings. The van der Waals surface area contributed by atoms with Gasteiger partial charge in [0.05, 0.1) is 29.2 Å². The summed E-state index contributed by atoms with van der Waals surface area (Å²) in [4.78, 5) is 45.2. The zero-order valence-corrected chi connectivity index (χ0v) is 22.6. The fourth-order valence-corrected chi connectivity index (χ4v) is 8.97. The molecular formula is C27H42N2O5S. The van der Waals surface area contributed by atoms with Crippen LogP contribution < -0.4 is 0 Å². The minimum Gasteiger partial charge on any atom is -0.461 e. The molecule has 1 N–H and O–H groups in total. The van der Waals surface area contributed by atoms with Gasteiger partial charge >= 0.3 is 5.97 Å². The number of nitrogens with zero attached hydrogens (tertiary/aromatic N) is 2. The predicted molar refractivity (Wildman–Crippen MR) is 139 cm³/mol. The highest BCUT2D eigenvalue weighted by molar-refractivity contribution is 8.02. The predicted octanol–water partition coefficient (Wildman–Crippen LogP) is 3.27. The van der Waals surface area contributed by atoms with Crippen molar-refractivity contribution >= 4 is 29.5 Å². The van der Waals surface area contributed by atoms with Gasteiger partial charge in [-0.1, -0.05) is 52.8 Å². The molecule has 0 aromatic heterocycles. The molecule has 3 rings (SSSR count). The lowest BCUT2D eigenvalue weighted by Gasteiger charge is -2.43. The van der Waals surface area contributed by atoms with E-state index in [1.54, 1.807) is 22.7 Å². The number of hydrogen-bond acceptors (Lipinski definition) is 6. The van der Waals surface area contributed by atoms with Crippen LogP contribution in [-0.4, -0.2) is 80.6 Å². The van der Waals surface area contributed by atoms with Gasteiger partial charge in [0.15, 0.2) is 0 Å². The van der Waals surface area contributed by atoms with Crippen molar-refractivity contribution in [2.75, 3.05) is 19.8 Å². The molecule has 0 aromatic rings. The first kappa shape index (κ1) is 27.8. The smallest absolute Gasteiger partial charge is 0.311 e. The van der Waals surface area contributed by atoms with Crippen LogP contribution in [0.25, 0.3) is 0 Å². The van der Waals surface area contributed by atoms with Crippen LogP contribution in [0.15, 0.2) is 25.3 Å².